The summed E-state index contributed by atoms with van der Waals surface area (Å²) in [5.41, 5.74) is 0.525. The van der Waals surface area contributed by atoms with Crippen molar-refractivity contribution < 1.29 is 9.50 Å². The van der Waals surface area contributed by atoms with Crippen LogP contribution in [0, 0.1) is 5.82 Å². The van der Waals surface area contributed by atoms with Crippen LogP contribution in [0.3, 0.4) is 0 Å². The van der Waals surface area contributed by atoms with E-state index in [0.717, 1.165) is 4.90 Å². The van der Waals surface area contributed by atoms with E-state index >= 15 is 0 Å². The first-order chi connectivity index (χ1) is 9.54. The zero-order valence-electron chi connectivity index (χ0n) is 10.5. The van der Waals surface area contributed by atoms with E-state index in [1.165, 1.54) is 17.8 Å². The van der Waals surface area contributed by atoms with Gasteiger partial charge in [-0.15, -0.1) is 11.8 Å². The molecule has 0 radical (unpaired) electrons. The highest BCUT2D eigenvalue weighted by Crippen LogP contribution is 2.23. The Morgan fingerprint density at radius 1 is 1.20 bits per heavy atom. The number of benzene rings is 2. The van der Waals surface area contributed by atoms with E-state index in [-0.39, 0.29) is 5.82 Å². The number of halogens is 3. The first-order valence-corrected chi connectivity index (χ1v) is 8.20. The lowest BCUT2D eigenvalue weighted by Gasteiger charge is -2.11. The van der Waals surface area contributed by atoms with Crippen molar-refractivity contribution in [2.24, 2.45) is 0 Å². The molecule has 0 aliphatic heterocycles. The predicted octanol–water partition coefficient (Wildman–Crippen LogP) is 4.94. The Kier molecular flexibility index (Phi) is 5.90. The third kappa shape index (κ3) is 4.77. The zero-order valence-corrected chi connectivity index (χ0v) is 13.7. The van der Waals surface area contributed by atoms with E-state index in [1.807, 2.05) is 24.3 Å². The van der Waals surface area contributed by atoms with Crippen molar-refractivity contribution in [1.29, 1.82) is 0 Å². The molecule has 1 unspecified atom stereocenters. The van der Waals surface area contributed by atoms with Crippen molar-refractivity contribution >= 4 is 39.3 Å². The SMILES string of the molecule is OC(CSc1ccc(Cl)cc1)Cc1ccc(Br)cc1F. The molecule has 0 fully saturated rings. The van der Waals surface area contributed by atoms with Gasteiger partial charge in [0.15, 0.2) is 0 Å². The minimum Gasteiger partial charge on any atom is -0.392 e. The van der Waals surface area contributed by atoms with Crippen LogP contribution in [0.2, 0.25) is 5.02 Å². The number of thioether (sulfide) groups is 1. The number of aliphatic hydroxyl groups excluding tert-OH is 1. The van der Waals surface area contributed by atoms with Crippen molar-refractivity contribution in [3.8, 4) is 0 Å². The molecule has 0 heterocycles. The van der Waals surface area contributed by atoms with Crippen LogP contribution in [0.1, 0.15) is 5.56 Å². The molecule has 1 N–H and O–H groups in total. The fourth-order valence-electron chi connectivity index (χ4n) is 1.72. The summed E-state index contributed by atoms with van der Waals surface area (Å²) < 4.78 is 14.4. The number of hydrogen-bond acceptors (Lipinski definition) is 2. The largest absolute Gasteiger partial charge is 0.392 e. The fraction of sp³-hybridized carbons (Fsp3) is 0.200. The molecule has 2 rings (SSSR count). The third-order valence-electron chi connectivity index (χ3n) is 2.73. The molecule has 1 atom stereocenters. The molecule has 2 aromatic carbocycles. The summed E-state index contributed by atoms with van der Waals surface area (Å²) in [5.74, 6) is 0.215. The topological polar surface area (TPSA) is 20.2 Å². The first-order valence-electron chi connectivity index (χ1n) is 6.05. The van der Waals surface area contributed by atoms with Crippen molar-refractivity contribution in [3.05, 3.63) is 63.3 Å². The first kappa shape index (κ1) is 15.8. The van der Waals surface area contributed by atoms with E-state index in [1.54, 1.807) is 12.1 Å². The average Bonchev–Trinajstić information content (AvgIpc) is 2.41. The van der Waals surface area contributed by atoms with Crippen LogP contribution >= 0.6 is 39.3 Å². The lowest BCUT2D eigenvalue weighted by molar-refractivity contribution is 0.198. The van der Waals surface area contributed by atoms with Crippen molar-refractivity contribution in [3.63, 3.8) is 0 Å². The van der Waals surface area contributed by atoms with Gasteiger partial charge in [0.05, 0.1) is 6.10 Å². The molecule has 5 heteroatoms. The summed E-state index contributed by atoms with van der Waals surface area (Å²) in [7, 11) is 0. The summed E-state index contributed by atoms with van der Waals surface area (Å²) in [6.07, 6.45) is -0.286. The Hall–Kier alpha value is -0.550. The smallest absolute Gasteiger partial charge is 0.127 e. The van der Waals surface area contributed by atoms with Crippen molar-refractivity contribution in [2.75, 3.05) is 5.75 Å². The standard InChI is InChI=1S/C15H13BrClFOS/c16-11-2-1-10(15(18)8-11)7-13(19)9-20-14-5-3-12(17)4-6-14/h1-6,8,13,19H,7,9H2. The highest BCUT2D eigenvalue weighted by molar-refractivity contribution is 9.10. The van der Waals surface area contributed by atoms with Crippen LogP contribution in [0.15, 0.2) is 51.8 Å². The fourth-order valence-corrected chi connectivity index (χ4v) is 3.01. The lowest BCUT2D eigenvalue weighted by atomic mass is 10.1. The third-order valence-corrected chi connectivity index (χ3v) is 4.63. The van der Waals surface area contributed by atoms with E-state index in [0.29, 0.717) is 27.2 Å². The molecular formula is C15H13BrClFOS. The molecule has 0 saturated heterocycles. The Morgan fingerprint density at radius 3 is 2.55 bits per heavy atom. The molecular weight excluding hydrogens is 363 g/mol. The van der Waals surface area contributed by atoms with Crippen LogP contribution in [0.5, 0.6) is 0 Å². The van der Waals surface area contributed by atoms with Crippen molar-refractivity contribution in [2.45, 2.75) is 17.4 Å². The van der Waals surface area contributed by atoms with Gasteiger partial charge in [-0.2, -0.15) is 0 Å². The van der Waals surface area contributed by atoms with Crippen LogP contribution in [-0.2, 0) is 6.42 Å². The average molecular weight is 376 g/mol. The van der Waals surface area contributed by atoms with Crippen LogP contribution in [0.25, 0.3) is 0 Å². The molecule has 20 heavy (non-hydrogen) atoms. The number of aliphatic hydroxyl groups is 1. The lowest BCUT2D eigenvalue weighted by Crippen LogP contribution is -2.14. The number of hydrogen-bond donors (Lipinski definition) is 1. The van der Waals surface area contributed by atoms with Gasteiger partial charge in [-0.05, 0) is 42.0 Å². The maximum Gasteiger partial charge on any atom is 0.127 e. The van der Waals surface area contributed by atoms with Gasteiger partial charge in [-0.1, -0.05) is 33.6 Å². The normalized spacial score (nSPS) is 12.4. The van der Waals surface area contributed by atoms with E-state index < -0.39 is 6.10 Å². The molecule has 0 aliphatic rings. The second-order valence-corrected chi connectivity index (χ2v) is 6.80. The minimum atomic E-state index is -0.591. The molecule has 0 aromatic heterocycles. The van der Waals surface area contributed by atoms with Crippen molar-refractivity contribution in [1.82, 2.24) is 0 Å². The summed E-state index contributed by atoms with van der Waals surface area (Å²) in [4.78, 5) is 1.03. The monoisotopic (exact) mass is 374 g/mol. The molecule has 106 valence electrons. The Morgan fingerprint density at radius 2 is 1.90 bits per heavy atom. The predicted molar refractivity (Wildman–Crippen MR) is 86.0 cm³/mol. The van der Waals surface area contributed by atoms with Gasteiger partial charge in [0.2, 0.25) is 0 Å². The molecule has 0 aliphatic carbocycles. The molecule has 1 nitrogen and oxygen atoms in total. The maximum atomic E-state index is 13.7. The minimum absolute atomic E-state index is 0.296. The molecule has 2 aromatic rings. The summed E-state index contributed by atoms with van der Waals surface area (Å²) >= 11 is 10.5. The van der Waals surface area contributed by atoms with E-state index in [2.05, 4.69) is 15.9 Å². The second-order valence-electron chi connectivity index (χ2n) is 4.36. The molecule has 0 spiro atoms. The van der Waals surface area contributed by atoms with Crippen LogP contribution in [0.4, 0.5) is 4.39 Å². The van der Waals surface area contributed by atoms with E-state index in [9.17, 15) is 9.50 Å². The maximum absolute atomic E-state index is 13.7. The number of rotatable bonds is 5. The Labute approximate surface area is 135 Å². The zero-order chi connectivity index (χ0) is 14.5. The summed E-state index contributed by atoms with van der Waals surface area (Å²) in [6, 6.07) is 12.3. The second kappa shape index (κ2) is 7.46. The van der Waals surface area contributed by atoms with Crippen LogP contribution in [-0.4, -0.2) is 17.0 Å². The van der Waals surface area contributed by atoms with E-state index in [4.69, 9.17) is 11.6 Å². The molecule has 0 bridgehead atoms. The Balaban J connectivity index is 1.89. The van der Waals surface area contributed by atoms with Gasteiger partial charge in [0.1, 0.15) is 5.82 Å². The highest BCUT2D eigenvalue weighted by atomic mass is 79.9. The Bertz CT molecular complexity index is 577. The summed E-state index contributed by atoms with van der Waals surface area (Å²) in [6.45, 7) is 0. The molecule has 0 amide bonds. The quantitative estimate of drug-likeness (QED) is 0.747. The van der Waals surface area contributed by atoms with Gasteiger partial charge in [0.25, 0.3) is 0 Å². The molecule has 0 saturated carbocycles. The van der Waals surface area contributed by atoms with Gasteiger partial charge in [0, 0.05) is 26.6 Å². The van der Waals surface area contributed by atoms with Crippen LogP contribution < -0.4 is 0 Å². The van der Waals surface area contributed by atoms with Gasteiger partial charge in [-0.3, -0.25) is 0 Å². The van der Waals surface area contributed by atoms with Gasteiger partial charge >= 0.3 is 0 Å². The highest BCUT2D eigenvalue weighted by Gasteiger charge is 2.10. The van der Waals surface area contributed by atoms with Gasteiger partial charge in [-0.25, -0.2) is 4.39 Å². The van der Waals surface area contributed by atoms with Gasteiger partial charge < -0.3 is 5.11 Å². The summed E-state index contributed by atoms with van der Waals surface area (Å²) in [5, 5.41) is 10.7.